The number of nitrogens with zero attached hydrogens (tertiary/aromatic N) is 7. The number of piperazine rings is 1. The minimum atomic E-state index is 0.172. The molecule has 0 aliphatic carbocycles. The third kappa shape index (κ3) is 3.14. The van der Waals surface area contributed by atoms with E-state index >= 15 is 0 Å². The van der Waals surface area contributed by atoms with Crippen LogP contribution in [0.1, 0.15) is 12.8 Å². The fourth-order valence-corrected chi connectivity index (χ4v) is 5.00. The molecule has 0 aromatic carbocycles. The average molecular weight is 398 g/mol. The van der Waals surface area contributed by atoms with Gasteiger partial charge in [-0.3, -0.25) is 0 Å². The van der Waals surface area contributed by atoms with Crippen LogP contribution >= 0.6 is 11.3 Å². The molecule has 1 atom stereocenters. The maximum atomic E-state index is 9.60. The largest absolute Gasteiger partial charge is 0.394 e. The van der Waals surface area contributed by atoms with Crippen molar-refractivity contribution in [2.24, 2.45) is 0 Å². The predicted molar refractivity (Wildman–Crippen MR) is 111 cm³/mol. The average Bonchev–Trinajstić information content (AvgIpc) is 3.43. The van der Waals surface area contributed by atoms with E-state index < -0.39 is 0 Å². The summed E-state index contributed by atoms with van der Waals surface area (Å²) in [5.74, 6) is 2.91. The molecule has 2 fully saturated rings. The molecule has 28 heavy (non-hydrogen) atoms. The van der Waals surface area contributed by atoms with Crippen molar-refractivity contribution in [1.82, 2.24) is 19.9 Å². The van der Waals surface area contributed by atoms with Gasteiger partial charge in [0.25, 0.3) is 0 Å². The van der Waals surface area contributed by atoms with Crippen molar-refractivity contribution in [2.75, 3.05) is 54.0 Å². The topological polar surface area (TPSA) is 81.5 Å². The van der Waals surface area contributed by atoms with Crippen LogP contribution in [0.25, 0.3) is 10.2 Å². The molecule has 146 valence electrons. The highest BCUT2D eigenvalue weighted by Crippen LogP contribution is 2.30. The lowest BCUT2D eigenvalue weighted by Crippen LogP contribution is -2.47. The van der Waals surface area contributed by atoms with Gasteiger partial charge in [-0.1, -0.05) is 0 Å². The third-order valence-electron chi connectivity index (χ3n) is 5.65. The van der Waals surface area contributed by atoms with Crippen molar-refractivity contribution in [3.8, 4) is 0 Å². The van der Waals surface area contributed by atoms with Gasteiger partial charge < -0.3 is 19.8 Å². The Labute approximate surface area is 167 Å². The van der Waals surface area contributed by atoms with Gasteiger partial charge in [-0.05, 0) is 24.3 Å². The lowest BCUT2D eigenvalue weighted by atomic mass is 10.2. The molecule has 2 aliphatic rings. The van der Waals surface area contributed by atoms with Crippen LogP contribution in [0.15, 0.2) is 30.2 Å². The monoisotopic (exact) mass is 397 g/mol. The maximum absolute atomic E-state index is 9.60. The summed E-state index contributed by atoms with van der Waals surface area (Å²) in [6.07, 6.45) is 5.41. The number of rotatable bonds is 4. The second kappa shape index (κ2) is 7.48. The van der Waals surface area contributed by atoms with E-state index in [4.69, 9.17) is 0 Å². The number of hydrogen-bond donors (Lipinski definition) is 1. The van der Waals surface area contributed by atoms with E-state index in [2.05, 4.69) is 46.1 Å². The highest BCUT2D eigenvalue weighted by molar-refractivity contribution is 7.17. The van der Waals surface area contributed by atoms with Crippen molar-refractivity contribution in [2.45, 2.75) is 18.9 Å². The van der Waals surface area contributed by atoms with Crippen LogP contribution in [0.3, 0.4) is 0 Å². The van der Waals surface area contributed by atoms with Crippen LogP contribution in [-0.4, -0.2) is 70.4 Å². The van der Waals surface area contributed by atoms with E-state index in [9.17, 15) is 5.11 Å². The third-order valence-corrected chi connectivity index (χ3v) is 6.55. The first kappa shape index (κ1) is 17.6. The minimum absolute atomic E-state index is 0.172. The number of hydrogen-bond acceptors (Lipinski definition) is 9. The summed E-state index contributed by atoms with van der Waals surface area (Å²) in [7, 11) is 0. The zero-order valence-electron chi connectivity index (χ0n) is 15.6. The Balaban J connectivity index is 1.31. The zero-order chi connectivity index (χ0) is 18.9. The number of anilines is 3. The standard InChI is InChI=1S/C19H23N7OS/c27-11-14-2-1-4-26(14)17-10-16(21-13-22-17)24-5-7-25(8-6-24)19-18-15(3-9-28-18)20-12-23-19/h3,9-10,12-14,27H,1-2,4-8,11H2. The molecule has 8 nitrogen and oxygen atoms in total. The summed E-state index contributed by atoms with van der Waals surface area (Å²) in [6, 6.07) is 4.28. The van der Waals surface area contributed by atoms with Gasteiger partial charge in [-0.25, -0.2) is 19.9 Å². The van der Waals surface area contributed by atoms with Crippen molar-refractivity contribution in [3.05, 3.63) is 30.2 Å². The van der Waals surface area contributed by atoms with Crippen LogP contribution in [0.2, 0.25) is 0 Å². The Bertz CT molecular complexity index is 956. The molecule has 2 saturated heterocycles. The van der Waals surface area contributed by atoms with Crippen LogP contribution in [0.5, 0.6) is 0 Å². The van der Waals surface area contributed by atoms with Crippen molar-refractivity contribution >= 4 is 39.0 Å². The number of aliphatic hydroxyl groups is 1. The second-order valence-corrected chi connectivity index (χ2v) is 8.13. The zero-order valence-corrected chi connectivity index (χ0v) is 16.4. The Morgan fingerprint density at radius 3 is 2.61 bits per heavy atom. The number of thiophene rings is 1. The van der Waals surface area contributed by atoms with E-state index in [0.29, 0.717) is 0 Å². The summed E-state index contributed by atoms with van der Waals surface area (Å²) in [5.41, 5.74) is 1.02. The highest BCUT2D eigenvalue weighted by Gasteiger charge is 2.26. The van der Waals surface area contributed by atoms with Gasteiger partial charge in [0.05, 0.1) is 22.9 Å². The molecular formula is C19H23N7OS. The molecule has 3 aromatic heterocycles. The van der Waals surface area contributed by atoms with Gasteiger partial charge in [0, 0.05) is 38.8 Å². The van der Waals surface area contributed by atoms with Crippen LogP contribution in [-0.2, 0) is 0 Å². The summed E-state index contributed by atoms with van der Waals surface area (Å²) in [6.45, 7) is 4.68. The van der Waals surface area contributed by atoms with Gasteiger partial charge in [0.2, 0.25) is 0 Å². The second-order valence-electron chi connectivity index (χ2n) is 7.21. The molecule has 1 N–H and O–H groups in total. The van der Waals surface area contributed by atoms with E-state index in [1.807, 2.05) is 6.07 Å². The van der Waals surface area contributed by atoms with E-state index in [1.165, 1.54) is 0 Å². The van der Waals surface area contributed by atoms with Gasteiger partial charge >= 0.3 is 0 Å². The Hall–Kier alpha value is -2.52. The minimum Gasteiger partial charge on any atom is -0.394 e. The number of aliphatic hydroxyl groups excluding tert-OH is 1. The summed E-state index contributed by atoms with van der Waals surface area (Å²) >= 11 is 1.70. The lowest BCUT2D eigenvalue weighted by molar-refractivity contribution is 0.266. The smallest absolute Gasteiger partial charge is 0.150 e. The fraction of sp³-hybridized carbons (Fsp3) is 0.474. The normalized spacial score (nSPS) is 20.3. The van der Waals surface area contributed by atoms with Crippen LogP contribution < -0.4 is 14.7 Å². The molecule has 9 heteroatoms. The first-order chi connectivity index (χ1) is 13.8. The molecular weight excluding hydrogens is 374 g/mol. The Kier molecular flexibility index (Phi) is 4.69. The molecule has 2 aliphatic heterocycles. The molecule has 0 saturated carbocycles. The van der Waals surface area contributed by atoms with E-state index in [-0.39, 0.29) is 12.6 Å². The number of aromatic nitrogens is 4. The summed E-state index contributed by atoms with van der Waals surface area (Å²) < 4.78 is 1.16. The predicted octanol–water partition coefficient (Wildman–Crippen LogP) is 1.77. The summed E-state index contributed by atoms with van der Waals surface area (Å²) in [4.78, 5) is 24.7. The van der Waals surface area contributed by atoms with Crippen molar-refractivity contribution in [3.63, 3.8) is 0 Å². The molecule has 3 aromatic rings. The van der Waals surface area contributed by atoms with Gasteiger partial charge in [0.15, 0.2) is 0 Å². The quantitative estimate of drug-likeness (QED) is 0.713. The molecule has 0 amide bonds. The SMILES string of the molecule is OCC1CCCN1c1cc(N2CCN(c3ncnc4ccsc34)CC2)ncn1. The lowest BCUT2D eigenvalue weighted by Gasteiger charge is -2.36. The van der Waals surface area contributed by atoms with Crippen molar-refractivity contribution in [1.29, 1.82) is 0 Å². The van der Waals surface area contributed by atoms with Gasteiger partial charge in [-0.15, -0.1) is 11.3 Å². The Morgan fingerprint density at radius 2 is 1.75 bits per heavy atom. The van der Waals surface area contributed by atoms with Crippen LogP contribution in [0, 0.1) is 0 Å². The van der Waals surface area contributed by atoms with E-state index in [0.717, 1.165) is 73.2 Å². The Morgan fingerprint density at radius 1 is 0.964 bits per heavy atom. The maximum Gasteiger partial charge on any atom is 0.150 e. The molecule has 5 rings (SSSR count). The van der Waals surface area contributed by atoms with Gasteiger partial charge in [-0.2, -0.15) is 0 Å². The molecule has 5 heterocycles. The molecule has 0 bridgehead atoms. The summed E-state index contributed by atoms with van der Waals surface area (Å²) in [5, 5.41) is 11.7. The van der Waals surface area contributed by atoms with E-state index in [1.54, 1.807) is 24.0 Å². The first-order valence-electron chi connectivity index (χ1n) is 9.71. The molecule has 0 radical (unpaired) electrons. The highest BCUT2D eigenvalue weighted by atomic mass is 32.1. The molecule has 0 spiro atoms. The molecule has 1 unspecified atom stereocenters. The van der Waals surface area contributed by atoms with Gasteiger partial charge in [0.1, 0.15) is 30.1 Å². The number of fused-ring (bicyclic) bond motifs is 1. The van der Waals surface area contributed by atoms with Crippen molar-refractivity contribution < 1.29 is 5.11 Å². The fourth-order valence-electron chi connectivity index (χ4n) is 4.14. The first-order valence-corrected chi connectivity index (χ1v) is 10.6. The van der Waals surface area contributed by atoms with Crippen LogP contribution in [0.4, 0.5) is 17.5 Å².